The topological polar surface area (TPSA) is 24.9 Å². The fourth-order valence-electron chi connectivity index (χ4n) is 2.76. The molecule has 0 amide bonds. The summed E-state index contributed by atoms with van der Waals surface area (Å²) in [5, 5.41) is 6.14. The summed E-state index contributed by atoms with van der Waals surface area (Å²) in [6.07, 6.45) is 10.9. The SMILES string of the molecule is C[C@H](CCCC1CC1)NCc1ccc2cnccc2c1. The first kappa shape index (κ1) is 13.6. The third-order valence-corrected chi connectivity index (χ3v) is 4.31. The van der Waals surface area contributed by atoms with Gasteiger partial charge in [-0.15, -0.1) is 0 Å². The molecule has 0 saturated heterocycles. The van der Waals surface area contributed by atoms with Crippen molar-refractivity contribution >= 4 is 10.8 Å². The molecular weight excluding hydrogens is 244 g/mol. The molecule has 3 rings (SSSR count). The molecule has 0 unspecified atom stereocenters. The first-order valence-corrected chi connectivity index (χ1v) is 7.87. The third-order valence-electron chi connectivity index (χ3n) is 4.31. The van der Waals surface area contributed by atoms with E-state index in [9.17, 15) is 0 Å². The first-order chi connectivity index (χ1) is 9.81. The lowest BCUT2D eigenvalue weighted by molar-refractivity contribution is 0.480. The van der Waals surface area contributed by atoms with E-state index in [0.717, 1.165) is 12.5 Å². The van der Waals surface area contributed by atoms with Gasteiger partial charge in [-0.3, -0.25) is 4.98 Å². The van der Waals surface area contributed by atoms with Crippen LogP contribution >= 0.6 is 0 Å². The van der Waals surface area contributed by atoms with E-state index < -0.39 is 0 Å². The Kier molecular flexibility index (Phi) is 4.31. The number of nitrogens with zero attached hydrogens (tertiary/aromatic N) is 1. The van der Waals surface area contributed by atoms with E-state index in [1.165, 1.54) is 48.4 Å². The van der Waals surface area contributed by atoms with E-state index >= 15 is 0 Å². The van der Waals surface area contributed by atoms with Crippen LogP contribution in [0.25, 0.3) is 10.8 Å². The van der Waals surface area contributed by atoms with Crippen molar-refractivity contribution in [3.63, 3.8) is 0 Å². The second-order valence-corrected chi connectivity index (χ2v) is 6.21. The van der Waals surface area contributed by atoms with Crippen LogP contribution in [0, 0.1) is 5.92 Å². The highest BCUT2D eigenvalue weighted by atomic mass is 14.9. The van der Waals surface area contributed by atoms with E-state index in [1.807, 2.05) is 12.4 Å². The van der Waals surface area contributed by atoms with Gasteiger partial charge in [-0.05, 0) is 42.3 Å². The van der Waals surface area contributed by atoms with Gasteiger partial charge in [0.05, 0.1) is 0 Å². The molecule has 2 heteroatoms. The number of hydrogen-bond donors (Lipinski definition) is 1. The summed E-state index contributed by atoms with van der Waals surface area (Å²) in [5.41, 5.74) is 1.36. The molecule has 2 aromatic rings. The van der Waals surface area contributed by atoms with Gasteiger partial charge in [0.15, 0.2) is 0 Å². The minimum atomic E-state index is 0.613. The smallest absolute Gasteiger partial charge is 0.0346 e. The number of benzene rings is 1. The molecule has 0 bridgehead atoms. The highest BCUT2D eigenvalue weighted by Crippen LogP contribution is 2.33. The van der Waals surface area contributed by atoms with Crippen molar-refractivity contribution in [1.82, 2.24) is 10.3 Å². The predicted octanol–water partition coefficient (Wildman–Crippen LogP) is 4.29. The van der Waals surface area contributed by atoms with Crippen LogP contribution in [0.2, 0.25) is 0 Å². The van der Waals surface area contributed by atoms with Gasteiger partial charge in [0.25, 0.3) is 0 Å². The zero-order chi connectivity index (χ0) is 13.8. The van der Waals surface area contributed by atoms with Crippen LogP contribution in [0.1, 0.15) is 44.6 Å². The summed E-state index contributed by atoms with van der Waals surface area (Å²) in [7, 11) is 0. The molecule has 106 valence electrons. The zero-order valence-corrected chi connectivity index (χ0v) is 12.3. The molecule has 1 saturated carbocycles. The Balaban J connectivity index is 1.48. The van der Waals surface area contributed by atoms with Gasteiger partial charge in [0, 0.05) is 30.4 Å². The van der Waals surface area contributed by atoms with Gasteiger partial charge in [-0.25, -0.2) is 0 Å². The maximum absolute atomic E-state index is 4.15. The Hall–Kier alpha value is -1.41. The van der Waals surface area contributed by atoms with Crippen LogP contribution in [0.15, 0.2) is 36.7 Å². The van der Waals surface area contributed by atoms with E-state index in [2.05, 4.69) is 41.5 Å². The van der Waals surface area contributed by atoms with Crippen molar-refractivity contribution in [2.24, 2.45) is 5.92 Å². The molecule has 1 aliphatic carbocycles. The lowest BCUT2D eigenvalue weighted by Gasteiger charge is -2.14. The summed E-state index contributed by atoms with van der Waals surface area (Å²) in [6.45, 7) is 3.26. The van der Waals surface area contributed by atoms with Crippen molar-refractivity contribution in [3.8, 4) is 0 Å². The molecule has 20 heavy (non-hydrogen) atoms. The van der Waals surface area contributed by atoms with E-state index in [-0.39, 0.29) is 0 Å². The van der Waals surface area contributed by atoms with Crippen molar-refractivity contribution in [3.05, 3.63) is 42.2 Å². The van der Waals surface area contributed by atoms with Crippen LogP contribution < -0.4 is 5.32 Å². The summed E-state index contributed by atoms with van der Waals surface area (Å²) in [5.74, 6) is 1.07. The fourth-order valence-corrected chi connectivity index (χ4v) is 2.76. The van der Waals surface area contributed by atoms with Gasteiger partial charge in [0.2, 0.25) is 0 Å². The molecule has 1 aromatic heterocycles. The van der Waals surface area contributed by atoms with Crippen LogP contribution in [0.3, 0.4) is 0 Å². The van der Waals surface area contributed by atoms with Crippen molar-refractivity contribution < 1.29 is 0 Å². The second-order valence-electron chi connectivity index (χ2n) is 6.21. The first-order valence-electron chi connectivity index (χ1n) is 7.87. The van der Waals surface area contributed by atoms with Crippen LogP contribution in [0.5, 0.6) is 0 Å². The van der Waals surface area contributed by atoms with E-state index in [1.54, 1.807) is 0 Å². The Morgan fingerprint density at radius 1 is 1.25 bits per heavy atom. The minimum Gasteiger partial charge on any atom is -0.310 e. The lowest BCUT2D eigenvalue weighted by Crippen LogP contribution is -2.25. The number of hydrogen-bond acceptors (Lipinski definition) is 2. The number of fused-ring (bicyclic) bond motifs is 1. The molecule has 0 aliphatic heterocycles. The minimum absolute atomic E-state index is 0.613. The molecule has 2 nitrogen and oxygen atoms in total. The molecule has 0 radical (unpaired) electrons. The quantitative estimate of drug-likeness (QED) is 0.810. The van der Waals surface area contributed by atoms with Crippen molar-refractivity contribution in [1.29, 1.82) is 0 Å². The zero-order valence-electron chi connectivity index (χ0n) is 12.3. The largest absolute Gasteiger partial charge is 0.310 e. The molecule has 1 aromatic carbocycles. The predicted molar refractivity (Wildman–Crippen MR) is 84.6 cm³/mol. The van der Waals surface area contributed by atoms with Gasteiger partial charge in [-0.2, -0.15) is 0 Å². The van der Waals surface area contributed by atoms with Gasteiger partial charge < -0.3 is 5.32 Å². The number of nitrogens with one attached hydrogen (secondary N) is 1. The van der Waals surface area contributed by atoms with Gasteiger partial charge in [-0.1, -0.05) is 37.8 Å². The highest BCUT2D eigenvalue weighted by molar-refractivity contribution is 5.81. The molecule has 1 N–H and O–H groups in total. The van der Waals surface area contributed by atoms with Crippen molar-refractivity contribution in [2.75, 3.05) is 0 Å². The lowest BCUT2D eigenvalue weighted by atomic mass is 10.1. The number of rotatable bonds is 7. The van der Waals surface area contributed by atoms with Crippen LogP contribution in [-0.2, 0) is 6.54 Å². The summed E-state index contributed by atoms with van der Waals surface area (Å²) >= 11 is 0. The molecule has 1 heterocycles. The van der Waals surface area contributed by atoms with Gasteiger partial charge >= 0.3 is 0 Å². The Morgan fingerprint density at radius 3 is 3.00 bits per heavy atom. The normalized spacial score (nSPS) is 16.4. The monoisotopic (exact) mass is 268 g/mol. The average molecular weight is 268 g/mol. The maximum Gasteiger partial charge on any atom is 0.0346 e. The third kappa shape index (κ3) is 3.80. The molecular formula is C18H24N2. The number of pyridine rings is 1. The Labute approximate surface area is 121 Å². The van der Waals surface area contributed by atoms with E-state index in [0.29, 0.717) is 6.04 Å². The standard InChI is InChI=1S/C18H24N2/c1-14(3-2-4-15-5-6-15)20-12-16-7-8-18-13-19-10-9-17(18)11-16/h7-11,13-15,20H,2-6,12H2,1H3/t14-/m1/s1. The highest BCUT2D eigenvalue weighted by Gasteiger charge is 2.20. The Morgan fingerprint density at radius 2 is 2.15 bits per heavy atom. The Bertz CT molecular complexity index is 560. The molecule has 1 atom stereocenters. The molecule has 0 spiro atoms. The summed E-state index contributed by atoms with van der Waals surface area (Å²) < 4.78 is 0. The summed E-state index contributed by atoms with van der Waals surface area (Å²) in [6, 6.07) is 9.33. The number of aromatic nitrogens is 1. The van der Waals surface area contributed by atoms with Crippen LogP contribution in [-0.4, -0.2) is 11.0 Å². The second kappa shape index (κ2) is 6.36. The maximum atomic E-state index is 4.15. The fraction of sp³-hybridized carbons (Fsp3) is 0.500. The average Bonchev–Trinajstić information content (AvgIpc) is 3.29. The van der Waals surface area contributed by atoms with Gasteiger partial charge in [0.1, 0.15) is 0 Å². The van der Waals surface area contributed by atoms with Crippen LogP contribution in [0.4, 0.5) is 0 Å². The van der Waals surface area contributed by atoms with Crippen molar-refractivity contribution in [2.45, 2.75) is 51.6 Å². The summed E-state index contributed by atoms with van der Waals surface area (Å²) in [4.78, 5) is 4.15. The molecule has 1 fully saturated rings. The van der Waals surface area contributed by atoms with E-state index in [4.69, 9.17) is 0 Å². The molecule has 1 aliphatic rings.